The maximum atomic E-state index is 13.4. The van der Waals surface area contributed by atoms with Crippen molar-refractivity contribution < 1.29 is 9.13 Å². The molecule has 1 unspecified atom stereocenters. The van der Waals surface area contributed by atoms with Gasteiger partial charge < -0.3 is 15.4 Å². The number of halogens is 1. The van der Waals surface area contributed by atoms with Gasteiger partial charge in [-0.15, -0.1) is 0 Å². The largest absolute Gasteiger partial charge is 0.384 e. The van der Waals surface area contributed by atoms with Crippen molar-refractivity contribution in [2.24, 2.45) is 11.7 Å². The van der Waals surface area contributed by atoms with Crippen LogP contribution in [0.25, 0.3) is 0 Å². The number of ether oxygens (including phenoxy) is 1. The Labute approximate surface area is 119 Å². The number of hydrogen-bond donors (Lipinski definition) is 2. The number of methoxy groups -OCH3 is 1. The number of anilines is 1. The Morgan fingerprint density at radius 3 is 2.80 bits per heavy atom. The van der Waals surface area contributed by atoms with Gasteiger partial charge in [-0.2, -0.15) is 0 Å². The summed E-state index contributed by atoms with van der Waals surface area (Å²) < 4.78 is 18.6. The number of rotatable bonds is 7. The Balaban J connectivity index is 2.33. The Morgan fingerprint density at radius 2 is 2.25 bits per heavy atom. The van der Waals surface area contributed by atoms with Crippen LogP contribution in [0.2, 0.25) is 0 Å². The lowest BCUT2D eigenvalue weighted by Crippen LogP contribution is -2.38. The summed E-state index contributed by atoms with van der Waals surface area (Å²) in [6.45, 7) is 3.46. The third kappa shape index (κ3) is 3.28. The Bertz CT molecular complexity index is 488. The van der Waals surface area contributed by atoms with Crippen LogP contribution in [0.5, 0.6) is 0 Å². The zero-order valence-electron chi connectivity index (χ0n) is 12.0. The lowest BCUT2D eigenvalue weighted by atomic mass is 10.1. The topological polar surface area (TPSA) is 62.3 Å². The van der Waals surface area contributed by atoms with Crippen LogP contribution in [-0.4, -0.2) is 32.1 Å². The third-order valence-electron chi connectivity index (χ3n) is 3.89. The maximum absolute atomic E-state index is 13.4. The van der Waals surface area contributed by atoms with E-state index >= 15 is 0 Å². The van der Waals surface area contributed by atoms with E-state index in [1.165, 1.54) is 25.0 Å². The molecule has 3 N–H and O–H groups in total. The highest BCUT2D eigenvalue weighted by atomic mass is 19.1. The van der Waals surface area contributed by atoms with Crippen molar-refractivity contribution in [3.63, 3.8) is 0 Å². The van der Waals surface area contributed by atoms with Gasteiger partial charge in [0.25, 0.3) is 0 Å². The van der Waals surface area contributed by atoms with Gasteiger partial charge in [0, 0.05) is 30.9 Å². The van der Waals surface area contributed by atoms with E-state index in [0.29, 0.717) is 30.7 Å². The quantitative estimate of drug-likeness (QED) is 0.595. The van der Waals surface area contributed by atoms with Gasteiger partial charge in [-0.25, -0.2) is 4.39 Å². The maximum Gasteiger partial charge on any atom is 0.125 e. The number of nitrogens with one attached hydrogen (secondary N) is 1. The van der Waals surface area contributed by atoms with E-state index < -0.39 is 0 Å². The molecular weight excluding hydrogens is 257 g/mol. The first-order chi connectivity index (χ1) is 9.54. The normalized spacial score (nSPS) is 15.9. The van der Waals surface area contributed by atoms with Crippen molar-refractivity contribution in [2.45, 2.75) is 25.8 Å². The minimum absolute atomic E-state index is 0.107. The molecule has 1 aliphatic carbocycles. The van der Waals surface area contributed by atoms with Gasteiger partial charge in [0.2, 0.25) is 0 Å². The van der Waals surface area contributed by atoms with E-state index in [2.05, 4.69) is 11.8 Å². The summed E-state index contributed by atoms with van der Waals surface area (Å²) in [6.07, 6.45) is 2.45. The Kier molecular flexibility index (Phi) is 4.60. The SMILES string of the molecule is COCCN(c1ccc(F)cc1C(=N)N)C(C)C1CC1. The lowest BCUT2D eigenvalue weighted by Gasteiger charge is -2.33. The zero-order valence-corrected chi connectivity index (χ0v) is 12.0. The highest BCUT2D eigenvalue weighted by Crippen LogP contribution is 2.37. The fraction of sp³-hybridized carbons (Fsp3) is 0.533. The average Bonchev–Trinajstić information content (AvgIpc) is 3.24. The standard InChI is InChI=1S/C15H22FN3O/c1-10(11-3-4-11)19(7-8-20-2)14-6-5-12(16)9-13(14)15(17)18/h5-6,9-11H,3-4,7-8H2,1-2H3,(H3,17,18). The zero-order chi connectivity index (χ0) is 14.7. The molecular formula is C15H22FN3O. The molecule has 0 amide bonds. The molecule has 0 bridgehead atoms. The molecule has 0 heterocycles. The average molecular weight is 279 g/mol. The van der Waals surface area contributed by atoms with Gasteiger partial charge >= 0.3 is 0 Å². The number of nitrogens with zero attached hydrogens (tertiary/aromatic N) is 1. The van der Waals surface area contributed by atoms with E-state index in [9.17, 15) is 4.39 Å². The summed E-state index contributed by atoms with van der Waals surface area (Å²) in [5.41, 5.74) is 6.87. The molecule has 20 heavy (non-hydrogen) atoms. The molecule has 0 aromatic heterocycles. The molecule has 1 fully saturated rings. The Morgan fingerprint density at radius 1 is 1.55 bits per heavy atom. The summed E-state index contributed by atoms with van der Waals surface area (Å²) in [7, 11) is 1.66. The first kappa shape index (κ1) is 14.8. The van der Waals surface area contributed by atoms with Crippen LogP contribution >= 0.6 is 0 Å². The van der Waals surface area contributed by atoms with Crippen molar-refractivity contribution in [2.75, 3.05) is 25.2 Å². The summed E-state index contributed by atoms with van der Waals surface area (Å²) in [5, 5.41) is 7.66. The monoisotopic (exact) mass is 279 g/mol. The number of hydrogen-bond acceptors (Lipinski definition) is 3. The van der Waals surface area contributed by atoms with Crippen molar-refractivity contribution in [1.82, 2.24) is 0 Å². The van der Waals surface area contributed by atoms with Crippen molar-refractivity contribution >= 4 is 11.5 Å². The van der Waals surface area contributed by atoms with Gasteiger partial charge in [0.15, 0.2) is 0 Å². The fourth-order valence-corrected chi connectivity index (χ4v) is 2.54. The van der Waals surface area contributed by atoms with Crippen molar-refractivity contribution in [1.29, 1.82) is 5.41 Å². The highest BCUT2D eigenvalue weighted by Gasteiger charge is 2.33. The molecule has 0 aliphatic heterocycles. The summed E-state index contributed by atoms with van der Waals surface area (Å²) in [5.74, 6) is 0.186. The van der Waals surface area contributed by atoms with E-state index in [0.717, 1.165) is 5.69 Å². The van der Waals surface area contributed by atoms with Crippen LogP contribution in [0.3, 0.4) is 0 Å². The summed E-state index contributed by atoms with van der Waals surface area (Å²) in [6, 6.07) is 4.80. The molecule has 0 saturated heterocycles. The van der Waals surface area contributed by atoms with Gasteiger partial charge in [-0.05, 0) is 43.9 Å². The Hall–Kier alpha value is -1.62. The van der Waals surface area contributed by atoms with Crippen molar-refractivity contribution in [3.8, 4) is 0 Å². The van der Waals surface area contributed by atoms with E-state index in [-0.39, 0.29) is 11.7 Å². The van der Waals surface area contributed by atoms with Crippen LogP contribution in [0.1, 0.15) is 25.3 Å². The molecule has 1 aliphatic rings. The molecule has 4 nitrogen and oxygen atoms in total. The predicted octanol–water partition coefficient (Wildman–Crippen LogP) is 2.36. The van der Waals surface area contributed by atoms with Gasteiger partial charge in [-0.1, -0.05) is 0 Å². The molecule has 5 heteroatoms. The second-order valence-corrected chi connectivity index (χ2v) is 5.34. The number of amidine groups is 1. The molecule has 1 atom stereocenters. The van der Waals surface area contributed by atoms with E-state index in [4.69, 9.17) is 15.9 Å². The second kappa shape index (κ2) is 6.22. The molecule has 1 saturated carbocycles. The summed E-state index contributed by atoms with van der Waals surface area (Å²) in [4.78, 5) is 2.18. The molecule has 2 rings (SSSR count). The predicted molar refractivity (Wildman–Crippen MR) is 78.8 cm³/mol. The van der Waals surface area contributed by atoms with Gasteiger partial charge in [0.1, 0.15) is 11.7 Å². The number of nitrogens with two attached hydrogens (primary N) is 1. The lowest BCUT2D eigenvalue weighted by molar-refractivity contribution is 0.202. The van der Waals surface area contributed by atoms with E-state index in [1.807, 2.05) is 0 Å². The molecule has 0 spiro atoms. The molecule has 1 aromatic rings. The van der Waals surface area contributed by atoms with Crippen molar-refractivity contribution in [3.05, 3.63) is 29.6 Å². The second-order valence-electron chi connectivity index (χ2n) is 5.34. The molecule has 110 valence electrons. The number of benzene rings is 1. The van der Waals surface area contributed by atoms with Crippen LogP contribution in [0, 0.1) is 17.1 Å². The first-order valence-corrected chi connectivity index (χ1v) is 6.94. The first-order valence-electron chi connectivity index (χ1n) is 6.94. The molecule has 1 aromatic carbocycles. The van der Waals surface area contributed by atoms with E-state index in [1.54, 1.807) is 13.2 Å². The minimum Gasteiger partial charge on any atom is -0.384 e. The molecule has 0 radical (unpaired) electrons. The third-order valence-corrected chi connectivity index (χ3v) is 3.89. The fourth-order valence-electron chi connectivity index (χ4n) is 2.54. The van der Waals surface area contributed by atoms with Crippen LogP contribution in [0.4, 0.5) is 10.1 Å². The van der Waals surface area contributed by atoms with Gasteiger partial charge in [-0.3, -0.25) is 5.41 Å². The van der Waals surface area contributed by atoms with Crippen LogP contribution in [-0.2, 0) is 4.74 Å². The highest BCUT2D eigenvalue weighted by molar-refractivity contribution is 6.00. The van der Waals surface area contributed by atoms with Gasteiger partial charge in [0.05, 0.1) is 6.61 Å². The smallest absolute Gasteiger partial charge is 0.125 e. The van der Waals surface area contributed by atoms with Crippen LogP contribution < -0.4 is 10.6 Å². The minimum atomic E-state index is -0.371. The number of nitrogen functional groups attached to an aromatic ring is 1. The summed E-state index contributed by atoms with van der Waals surface area (Å²) >= 11 is 0. The van der Waals surface area contributed by atoms with Crippen LogP contribution in [0.15, 0.2) is 18.2 Å².